The quantitative estimate of drug-likeness (QED) is 0.904. The van der Waals surface area contributed by atoms with Crippen LogP contribution in [0.2, 0.25) is 0 Å². The first-order valence-corrected chi connectivity index (χ1v) is 5.96. The molecule has 3 nitrogen and oxygen atoms in total. The third-order valence-corrected chi connectivity index (χ3v) is 3.30. The van der Waals surface area contributed by atoms with Crippen LogP contribution >= 0.6 is 15.9 Å². The van der Waals surface area contributed by atoms with Crippen molar-refractivity contribution in [2.45, 2.75) is 20.4 Å². The molecule has 16 heavy (non-hydrogen) atoms. The van der Waals surface area contributed by atoms with Crippen LogP contribution in [0.15, 0.2) is 28.7 Å². The summed E-state index contributed by atoms with van der Waals surface area (Å²) in [5.74, 6) is 0. The molecule has 0 spiro atoms. The van der Waals surface area contributed by atoms with E-state index in [-0.39, 0.29) is 0 Å². The predicted octanol–water partition coefficient (Wildman–Crippen LogP) is 3.40. The highest BCUT2D eigenvalue weighted by atomic mass is 79.9. The second-order valence-corrected chi connectivity index (χ2v) is 4.60. The fourth-order valence-electron chi connectivity index (χ4n) is 1.62. The van der Waals surface area contributed by atoms with E-state index in [1.165, 1.54) is 5.56 Å². The van der Waals surface area contributed by atoms with Crippen molar-refractivity contribution in [3.05, 3.63) is 45.7 Å². The van der Waals surface area contributed by atoms with Crippen molar-refractivity contribution in [2.75, 3.05) is 5.32 Å². The highest BCUT2D eigenvalue weighted by Gasteiger charge is 2.06. The van der Waals surface area contributed by atoms with Crippen LogP contribution in [-0.2, 0) is 6.54 Å². The van der Waals surface area contributed by atoms with Gasteiger partial charge in [-0.3, -0.25) is 5.10 Å². The van der Waals surface area contributed by atoms with Crippen molar-refractivity contribution in [3.63, 3.8) is 0 Å². The lowest BCUT2D eigenvalue weighted by Crippen LogP contribution is -2.01. The lowest BCUT2D eigenvalue weighted by molar-refractivity contribution is 1.02. The number of benzene rings is 1. The van der Waals surface area contributed by atoms with E-state index in [0.717, 1.165) is 28.1 Å². The molecule has 2 aromatic rings. The van der Waals surface area contributed by atoms with Crippen molar-refractivity contribution in [1.82, 2.24) is 10.2 Å². The zero-order valence-corrected chi connectivity index (χ0v) is 10.9. The van der Waals surface area contributed by atoms with Crippen LogP contribution in [0.4, 0.5) is 5.69 Å². The fraction of sp³-hybridized carbons (Fsp3) is 0.250. The Balaban J connectivity index is 2.11. The maximum atomic E-state index is 4.17. The molecular formula is C12H14BrN3. The lowest BCUT2D eigenvalue weighted by Gasteiger charge is -2.08. The maximum absolute atomic E-state index is 4.17. The first-order valence-electron chi connectivity index (χ1n) is 5.17. The number of aromatic amines is 1. The van der Waals surface area contributed by atoms with Crippen LogP contribution < -0.4 is 5.32 Å². The summed E-state index contributed by atoms with van der Waals surface area (Å²) in [5.41, 5.74) is 4.51. The van der Waals surface area contributed by atoms with E-state index < -0.39 is 0 Å². The highest BCUT2D eigenvalue weighted by molar-refractivity contribution is 9.10. The maximum Gasteiger partial charge on any atom is 0.0643 e. The van der Waals surface area contributed by atoms with E-state index in [2.05, 4.69) is 37.5 Å². The second-order valence-electron chi connectivity index (χ2n) is 3.75. The minimum absolute atomic E-state index is 0.788. The standard InChI is InChI=1S/C12H14BrN3/c1-8-10(9(2)16-15-8)7-14-12-6-4-3-5-11(12)13/h3-6,14H,7H2,1-2H3,(H,15,16). The largest absolute Gasteiger partial charge is 0.380 e. The summed E-state index contributed by atoms with van der Waals surface area (Å²) in [6.07, 6.45) is 0. The molecule has 0 aliphatic carbocycles. The number of aromatic nitrogens is 2. The summed E-state index contributed by atoms with van der Waals surface area (Å²) < 4.78 is 1.08. The third-order valence-electron chi connectivity index (χ3n) is 2.61. The van der Waals surface area contributed by atoms with E-state index in [9.17, 15) is 0 Å². The van der Waals surface area contributed by atoms with Gasteiger partial charge >= 0.3 is 0 Å². The molecule has 0 fully saturated rings. The summed E-state index contributed by atoms with van der Waals surface area (Å²) in [4.78, 5) is 0. The van der Waals surface area contributed by atoms with Gasteiger partial charge in [-0.1, -0.05) is 12.1 Å². The van der Waals surface area contributed by atoms with Gasteiger partial charge in [0.15, 0.2) is 0 Å². The number of rotatable bonds is 3. The van der Waals surface area contributed by atoms with Gasteiger partial charge in [0, 0.05) is 28.0 Å². The number of H-pyrrole nitrogens is 1. The second kappa shape index (κ2) is 4.70. The number of para-hydroxylation sites is 1. The van der Waals surface area contributed by atoms with Gasteiger partial charge in [-0.15, -0.1) is 0 Å². The Morgan fingerprint density at radius 3 is 2.69 bits per heavy atom. The number of aryl methyl sites for hydroxylation is 2. The number of nitrogens with one attached hydrogen (secondary N) is 2. The monoisotopic (exact) mass is 279 g/mol. The van der Waals surface area contributed by atoms with E-state index in [4.69, 9.17) is 0 Å². The van der Waals surface area contributed by atoms with Gasteiger partial charge in [-0.05, 0) is 41.9 Å². The summed E-state index contributed by atoms with van der Waals surface area (Å²) in [6.45, 7) is 4.84. The smallest absolute Gasteiger partial charge is 0.0643 e. The van der Waals surface area contributed by atoms with Gasteiger partial charge in [0.2, 0.25) is 0 Å². The Bertz CT molecular complexity index is 471. The van der Waals surface area contributed by atoms with Gasteiger partial charge in [-0.2, -0.15) is 5.10 Å². The fourth-order valence-corrected chi connectivity index (χ4v) is 2.05. The lowest BCUT2D eigenvalue weighted by atomic mass is 10.2. The molecule has 0 unspecified atom stereocenters. The van der Waals surface area contributed by atoms with Gasteiger partial charge in [0.05, 0.1) is 5.69 Å². The number of halogens is 1. The first-order chi connectivity index (χ1) is 7.68. The van der Waals surface area contributed by atoms with E-state index >= 15 is 0 Å². The van der Waals surface area contributed by atoms with E-state index in [0.29, 0.717) is 0 Å². The Morgan fingerprint density at radius 1 is 1.31 bits per heavy atom. The van der Waals surface area contributed by atoms with Crippen LogP contribution in [0.25, 0.3) is 0 Å². The van der Waals surface area contributed by atoms with Crippen LogP contribution in [0.1, 0.15) is 17.0 Å². The molecule has 0 amide bonds. The van der Waals surface area contributed by atoms with Crippen LogP contribution in [0.3, 0.4) is 0 Å². The number of nitrogens with zero attached hydrogens (tertiary/aromatic N) is 1. The topological polar surface area (TPSA) is 40.7 Å². The average Bonchev–Trinajstić information content (AvgIpc) is 2.58. The van der Waals surface area contributed by atoms with Crippen LogP contribution in [0, 0.1) is 13.8 Å². The molecule has 0 bridgehead atoms. The zero-order chi connectivity index (χ0) is 11.5. The molecule has 0 radical (unpaired) electrons. The zero-order valence-electron chi connectivity index (χ0n) is 9.34. The van der Waals surface area contributed by atoms with Crippen molar-refractivity contribution in [3.8, 4) is 0 Å². The molecule has 0 saturated heterocycles. The van der Waals surface area contributed by atoms with Crippen molar-refractivity contribution < 1.29 is 0 Å². The summed E-state index contributed by atoms with van der Waals surface area (Å²) >= 11 is 3.51. The first kappa shape index (κ1) is 11.2. The van der Waals surface area contributed by atoms with Crippen molar-refractivity contribution in [2.24, 2.45) is 0 Å². The Labute approximate surface area is 103 Å². The Morgan fingerprint density at radius 2 is 2.06 bits per heavy atom. The predicted molar refractivity (Wildman–Crippen MR) is 69.5 cm³/mol. The molecule has 2 N–H and O–H groups in total. The normalized spacial score (nSPS) is 10.4. The van der Waals surface area contributed by atoms with E-state index in [1.807, 2.05) is 32.0 Å². The molecule has 1 aromatic heterocycles. The van der Waals surface area contributed by atoms with Gasteiger partial charge in [0.25, 0.3) is 0 Å². The van der Waals surface area contributed by atoms with Gasteiger partial charge < -0.3 is 5.32 Å². The minimum atomic E-state index is 0.788. The molecule has 2 rings (SSSR count). The highest BCUT2D eigenvalue weighted by Crippen LogP contribution is 2.22. The van der Waals surface area contributed by atoms with Crippen LogP contribution in [0.5, 0.6) is 0 Å². The summed E-state index contributed by atoms with van der Waals surface area (Å²) in [5, 5.41) is 10.6. The molecule has 0 aliphatic rings. The number of hydrogen-bond donors (Lipinski definition) is 2. The molecule has 1 aromatic carbocycles. The molecule has 0 atom stereocenters. The molecule has 1 heterocycles. The molecule has 84 valence electrons. The number of hydrogen-bond acceptors (Lipinski definition) is 2. The summed E-state index contributed by atoms with van der Waals surface area (Å²) in [7, 11) is 0. The SMILES string of the molecule is Cc1n[nH]c(C)c1CNc1ccccc1Br. The van der Waals surface area contributed by atoms with Crippen LogP contribution in [-0.4, -0.2) is 10.2 Å². The van der Waals surface area contributed by atoms with E-state index in [1.54, 1.807) is 0 Å². The van der Waals surface area contributed by atoms with Gasteiger partial charge in [0.1, 0.15) is 0 Å². The Hall–Kier alpha value is -1.29. The van der Waals surface area contributed by atoms with Crippen molar-refractivity contribution in [1.29, 1.82) is 0 Å². The molecule has 0 aliphatic heterocycles. The molecular weight excluding hydrogens is 266 g/mol. The molecule has 4 heteroatoms. The summed E-state index contributed by atoms with van der Waals surface area (Å²) in [6, 6.07) is 8.10. The molecule has 0 saturated carbocycles. The van der Waals surface area contributed by atoms with Crippen molar-refractivity contribution >= 4 is 21.6 Å². The van der Waals surface area contributed by atoms with Gasteiger partial charge in [-0.25, -0.2) is 0 Å². The average molecular weight is 280 g/mol. The Kier molecular flexibility index (Phi) is 3.29. The third kappa shape index (κ3) is 2.27. The minimum Gasteiger partial charge on any atom is -0.380 e. The number of anilines is 1.